The highest BCUT2D eigenvalue weighted by atomic mass is 16.5. The van der Waals surface area contributed by atoms with Crippen LogP contribution in [0.25, 0.3) is 0 Å². The minimum Gasteiger partial charge on any atom is -0.478 e. The third-order valence-corrected chi connectivity index (χ3v) is 3.14. The predicted molar refractivity (Wildman–Crippen MR) is 74.1 cm³/mol. The molecule has 2 aromatic carbocycles. The van der Waals surface area contributed by atoms with Gasteiger partial charge in [0.1, 0.15) is 17.1 Å². The lowest BCUT2D eigenvalue weighted by Gasteiger charge is -2.13. The summed E-state index contributed by atoms with van der Waals surface area (Å²) in [6.45, 7) is 5.86. The molecule has 0 atom stereocenters. The van der Waals surface area contributed by atoms with Crippen molar-refractivity contribution in [3.63, 3.8) is 0 Å². The molecule has 2 aromatic rings. The Kier molecular flexibility index (Phi) is 3.56. The van der Waals surface area contributed by atoms with Crippen LogP contribution < -0.4 is 4.74 Å². The summed E-state index contributed by atoms with van der Waals surface area (Å²) in [4.78, 5) is 11.2. The van der Waals surface area contributed by atoms with Crippen molar-refractivity contribution in [2.24, 2.45) is 0 Å². The van der Waals surface area contributed by atoms with Gasteiger partial charge in [0.05, 0.1) is 0 Å². The molecule has 3 nitrogen and oxygen atoms in total. The van der Waals surface area contributed by atoms with Crippen molar-refractivity contribution < 1.29 is 14.6 Å². The third kappa shape index (κ3) is 2.76. The van der Waals surface area contributed by atoms with E-state index in [-0.39, 0.29) is 5.56 Å². The molecule has 2 rings (SSSR count). The van der Waals surface area contributed by atoms with Crippen LogP contribution in [0.1, 0.15) is 27.0 Å². The van der Waals surface area contributed by atoms with Crippen molar-refractivity contribution in [2.45, 2.75) is 20.8 Å². The summed E-state index contributed by atoms with van der Waals surface area (Å²) in [7, 11) is 0. The summed E-state index contributed by atoms with van der Waals surface area (Å²) in [6, 6.07) is 10.8. The lowest BCUT2D eigenvalue weighted by molar-refractivity contribution is 0.0694. The van der Waals surface area contributed by atoms with E-state index >= 15 is 0 Å². The largest absolute Gasteiger partial charge is 0.478 e. The molecule has 19 heavy (non-hydrogen) atoms. The maximum Gasteiger partial charge on any atom is 0.339 e. The van der Waals surface area contributed by atoms with Crippen molar-refractivity contribution >= 4 is 5.97 Å². The second kappa shape index (κ2) is 5.14. The van der Waals surface area contributed by atoms with Gasteiger partial charge in [0.15, 0.2) is 0 Å². The van der Waals surface area contributed by atoms with Gasteiger partial charge in [-0.3, -0.25) is 0 Å². The van der Waals surface area contributed by atoms with E-state index < -0.39 is 5.97 Å². The Morgan fingerprint density at radius 1 is 1.05 bits per heavy atom. The van der Waals surface area contributed by atoms with E-state index in [0.29, 0.717) is 11.5 Å². The summed E-state index contributed by atoms with van der Waals surface area (Å²) < 4.78 is 5.78. The first-order valence-corrected chi connectivity index (χ1v) is 6.07. The van der Waals surface area contributed by atoms with Crippen LogP contribution >= 0.6 is 0 Å². The number of hydrogen-bond acceptors (Lipinski definition) is 2. The Labute approximate surface area is 112 Å². The molecule has 3 heteroatoms. The maximum absolute atomic E-state index is 11.2. The van der Waals surface area contributed by atoms with E-state index in [4.69, 9.17) is 4.74 Å². The summed E-state index contributed by atoms with van der Waals surface area (Å²) in [5.41, 5.74) is 3.26. The average Bonchev–Trinajstić information content (AvgIpc) is 2.35. The first-order chi connectivity index (χ1) is 8.99. The fourth-order valence-electron chi connectivity index (χ4n) is 1.84. The molecular weight excluding hydrogens is 240 g/mol. The van der Waals surface area contributed by atoms with E-state index in [2.05, 4.69) is 0 Å². The third-order valence-electron chi connectivity index (χ3n) is 3.14. The molecule has 0 bridgehead atoms. The monoisotopic (exact) mass is 256 g/mol. The van der Waals surface area contributed by atoms with Gasteiger partial charge in [-0.1, -0.05) is 18.2 Å². The second-order valence-electron chi connectivity index (χ2n) is 4.60. The molecule has 0 spiro atoms. The number of carbonyl (C=O) groups is 1. The van der Waals surface area contributed by atoms with E-state index in [0.717, 1.165) is 16.7 Å². The van der Waals surface area contributed by atoms with Crippen LogP contribution in [0.4, 0.5) is 0 Å². The number of aryl methyl sites for hydroxylation is 2. The number of ether oxygens (including phenoxy) is 1. The van der Waals surface area contributed by atoms with Gasteiger partial charge < -0.3 is 9.84 Å². The number of rotatable bonds is 3. The van der Waals surface area contributed by atoms with Crippen molar-refractivity contribution in [1.29, 1.82) is 0 Å². The van der Waals surface area contributed by atoms with Crippen LogP contribution in [0, 0.1) is 20.8 Å². The van der Waals surface area contributed by atoms with Crippen LogP contribution in [-0.2, 0) is 0 Å². The lowest BCUT2D eigenvalue weighted by Crippen LogP contribution is -2.01. The second-order valence-corrected chi connectivity index (χ2v) is 4.60. The predicted octanol–water partition coefficient (Wildman–Crippen LogP) is 4.10. The van der Waals surface area contributed by atoms with Gasteiger partial charge in [0.25, 0.3) is 0 Å². The smallest absolute Gasteiger partial charge is 0.339 e. The SMILES string of the molecule is Cc1ccc(C(=O)O)c(Oc2cccc(C)c2C)c1. The molecule has 0 aliphatic heterocycles. The maximum atomic E-state index is 11.2. The molecule has 1 N–H and O–H groups in total. The zero-order valence-electron chi connectivity index (χ0n) is 11.2. The number of aromatic carboxylic acids is 1. The molecule has 0 heterocycles. The Morgan fingerprint density at radius 3 is 2.47 bits per heavy atom. The molecule has 0 radical (unpaired) electrons. The van der Waals surface area contributed by atoms with Gasteiger partial charge in [0, 0.05) is 0 Å². The van der Waals surface area contributed by atoms with Crippen LogP contribution in [0.15, 0.2) is 36.4 Å². The van der Waals surface area contributed by atoms with Crippen molar-refractivity contribution in [1.82, 2.24) is 0 Å². The molecule has 0 aromatic heterocycles. The summed E-state index contributed by atoms with van der Waals surface area (Å²) >= 11 is 0. The number of benzene rings is 2. The Morgan fingerprint density at radius 2 is 1.79 bits per heavy atom. The number of carboxylic acids is 1. The Hall–Kier alpha value is -2.29. The average molecular weight is 256 g/mol. The van der Waals surface area contributed by atoms with Crippen LogP contribution in [0.5, 0.6) is 11.5 Å². The van der Waals surface area contributed by atoms with Crippen LogP contribution in [0.2, 0.25) is 0 Å². The van der Waals surface area contributed by atoms with Gasteiger partial charge in [0.2, 0.25) is 0 Å². The van der Waals surface area contributed by atoms with Gasteiger partial charge >= 0.3 is 5.97 Å². The molecular formula is C16H16O3. The summed E-state index contributed by atoms with van der Waals surface area (Å²) in [5, 5.41) is 9.18. The zero-order valence-corrected chi connectivity index (χ0v) is 11.2. The molecule has 0 aliphatic rings. The molecule has 0 aliphatic carbocycles. The molecule has 0 saturated heterocycles. The van der Waals surface area contributed by atoms with E-state index in [1.165, 1.54) is 0 Å². The van der Waals surface area contributed by atoms with E-state index in [1.54, 1.807) is 18.2 Å². The van der Waals surface area contributed by atoms with Crippen molar-refractivity contribution in [3.8, 4) is 11.5 Å². The minimum atomic E-state index is -0.986. The summed E-state index contributed by atoms with van der Waals surface area (Å²) in [6.07, 6.45) is 0. The fraction of sp³-hybridized carbons (Fsp3) is 0.188. The van der Waals surface area contributed by atoms with Gasteiger partial charge in [-0.25, -0.2) is 4.79 Å². The van der Waals surface area contributed by atoms with Gasteiger partial charge in [-0.05, 0) is 55.7 Å². The molecule has 0 amide bonds. The van der Waals surface area contributed by atoms with E-state index in [1.807, 2.05) is 39.0 Å². The highest BCUT2D eigenvalue weighted by Crippen LogP contribution is 2.30. The normalized spacial score (nSPS) is 10.3. The molecule has 0 unspecified atom stereocenters. The van der Waals surface area contributed by atoms with Gasteiger partial charge in [-0.15, -0.1) is 0 Å². The standard InChI is InChI=1S/C16H16O3/c1-10-7-8-13(16(17)18)15(9-10)19-14-6-4-5-11(2)12(14)3/h4-9H,1-3H3,(H,17,18). The highest BCUT2D eigenvalue weighted by Gasteiger charge is 2.13. The summed E-state index contributed by atoms with van der Waals surface area (Å²) in [5.74, 6) is 0.0783. The highest BCUT2D eigenvalue weighted by molar-refractivity contribution is 5.91. The quantitative estimate of drug-likeness (QED) is 0.899. The Bertz CT molecular complexity index is 630. The van der Waals surface area contributed by atoms with Crippen LogP contribution in [-0.4, -0.2) is 11.1 Å². The fourth-order valence-corrected chi connectivity index (χ4v) is 1.84. The van der Waals surface area contributed by atoms with Crippen LogP contribution in [0.3, 0.4) is 0 Å². The van der Waals surface area contributed by atoms with Crippen molar-refractivity contribution in [3.05, 3.63) is 58.7 Å². The minimum absolute atomic E-state index is 0.173. The first-order valence-electron chi connectivity index (χ1n) is 6.07. The molecule has 0 saturated carbocycles. The zero-order chi connectivity index (χ0) is 14.0. The number of hydrogen-bond donors (Lipinski definition) is 1. The Balaban J connectivity index is 2.45. The van der Waals surface area contributed by atoms with Gasteiger partial charge in [-0.2, -0.15) is 0 Å². The first kappa shape index (κ1) is 13.1. The molecule has 0 fully saturated rings. The lowest BCUT2D eigenvalue weighted by atomic mass is 10.1. The number of carboxylic acid groups (broad SMARTS) is 1. The molecule has 98 valence electrons. The van der Waals surface area contributed by atoms with E-state index in [9.17, 15) is 9.90 Å². The topological polar surface area (TPSA) is 46.5 Å². The van der Waals surface area contributed by atoms with Crippen molar-refractivity contribution in [2.75, 3.05) is 0 Å².